The number of carbonyl (C=O) groups is 1. The standard InChI is InChI=1S/C17H17Cl2FN2O4S/c1-26-17(23)12-2-4-13(21-9-12)10-22(27(24)25)16(6-7-18)11-3-5-15(20)14(19)8-11/h2-5,8-9,16H,6-7,10H2,1H3,(H,24,25). The van der Waals surface area contributed by atoms with Gasteiger partial charge in [0.15, 0.2) is 0 Å². The molecule has 2 unspecified atom stereocenters. The number of alkyl halides is 1. The molecule has 1 heterocycles. The van der Waals surface area contributed by atoms with Crippen molar-refractivity contribution in [2.75, 3.05) is 13.0 Å². The lowest BCUT2D eigenvalue weighted by Gasteiger charge is -2.28. The fourth-order valence-electron chi connectivity index (χ4n) is 2.49. The number of aromatic nitrogens is 1. The first-order valence-corrected chi connectivity index (χ1v) is 9.76. The van der Waals surface area contributed by atoms with Gasteiger partial charge in [-0.25, -0.2) is 13.4 Å². The molecule has 2 rings (SSSR count). The number of halogens is 3. The molecule has 0 aliphatic carbocycles. The monoisotopic (exact) mass is 434 g/mol. The Balaban J connectivity index is 2.30. The van der Waals surface area contributed by atoms with Gasteiger partial charge in [0, 0.05) is 12.1 Å². The molecule has 0 amide bonds. The molecule has 2 aromatic rings. The first-order chi connectivity index (χ1) is 12.9. The van der Waals surface area contributed by atoms with Crippen LogP contribution in [-0.4, -0.2) is 37.0 Å². The average molecular weight is 435 g/mol. The molecule has 1 aromatic carbocycles. The van der Waals surface area contributed by atoms with Crippen LogP contribution in [0.2, 0.25) is 5.02 Å². The summed E-state index contributed by atoms with van der Waals surface area (Å²) >= 11 is 9.34. The predicted octanol–water partition coefficient (Wildman–Crippen LogP) is 3.97. The van der Waals surface area contributed by atoms with Gasteiger partial charge in [-0.2, -0.15) is 4.31 Å². The third-order valence-electron chi connectivity index (χ3n) is 3.82. The molecule has 10 heteroatoms. The van der Waals surface area contributed by atoms with Gasteiger partial charge in [0.2, 0.25) is 11.3 Å². The van der Waals surface area contributed by atoms with Crippen LogP contribution in [0.3, 0.4) is 0 Å². The second-order valence-electron chi connectivity index (χ2n) is 5.50. The molecule has 0 fully saturated rings. The summed E-state index contributed by atoms with van der Waals surface area (Å²) in [5, 5.41) is -0.0868. The maximum absolute atomic E-state index is 13.5. The van der Waals surface area contributed by atoms with Crippen molar-refractivity contribution in [2.24, 2.45) is 0 Å². The van der Waals surface area contributed by atoms with E-state index in [0.717, 1.165) is 0 Å². The van der Waals surface area contributed by atoms with Gasteiger partial charge < -0.3 is 4.74 Å². The molecular weight excluding hydrogens is 418 g/mol. The summed E-state index contributed by atoms with van der Waals surface area (Å²) in [6, 6.07) is 6.57. The molecule has 0 radical (unpaired) electrons. The van der Waals surface area contributed by atoms with Crippen LogP contribution in [0, 0.1) is 5.82 Å². The second-order valence-corrected chi connectivity index (χ2v) is 7.22. The van der Waals surface area contributed by atoms with Gasteiger partial charge in [0.25, 0.3) is 0 Å². The van der Waals surface area contributed by atoms with E-state index in [4.69, 9.17) is 23.2 Å². The first-order valence-electron chi connectivity index (χ1n) is 7.79. The minimum atomic E-state index is -2.36. The van der Waals surface area contributed by atoms with Crippen LogP contribution >= 0.6 is 23.2 Å². The van der Waals surface area contributed by atoms with Crippen molar-refractivity contribution in [3.8, 4) is 0 Å². The zero-order valence-corrected chi connectivity index (χ0v) is 16.6. The number of hydrogen-bond acceptors (Lipinski definition) is 4. The van der Waals surface area contributed by atoms with Crippen molar-refractivity contribution < 1.29 is 22.7 Å². The number of pyridine rings is 1. The van der Waals surface area contributed by atoms with Crippen molar-refractivity contribution >= 4 is 40.4 Å². The highest BCUT2D eigenvalue weighted by Crippen LogP contribution is 2.30. The summed E-state index contributed by atoms with van der Waals surface area (Å²) in [5.74, 6) is -0.901. The van der Waals surface area contributed by atoms with Crippen molar-refractivity contribution in [1.29, 1.82) is 0 Å². The van der Waals surface area contributed by atoms with Gasteiger partial charge >= 0.3 is 5.97 Å². The molecule has 0 aliphatic rings. The molecule has 1 aromatic heterocycles. The van der Waals surface area contributed by atoms with Crippen molar-refractivity contribution in [3.63, 3.8) is 0 Å². The Labute approximate surface area is 168 Å². The molecule has 0 saturated carbocycles. The van der Waals surface area contributed by atoms with E-state index in [1.807, 2.05) is 0 Å². The number of nitrogens with zero attached hydrogens (tertiary/aromatic N) is 2. The second kappa shape index (κ2) is 10.1. The fraction of sp³-hybridized carbons (Fsp3) is 0.294. The van der Waals surface area contributed by atoms with E-state index in [2.05, 4.69) is 9.72 Å². The number of methoxy groups -OCH3 is 1. The third-order valence-corrected chi connectivity index (χ3v) is 5.12. The van der Waals surface area contributed by atoms with E-state index in [0.29, 0.717) is 17.7 Å². The Morgan fingerprint density at radius 3 is 2.67 bits per heavy atom. The molecule has 6 nitrogen and oxygen atoms in total. The van der Waals surface area contributed by atoms with Crippen LogP contribution in [-0.2, 0) is 22.5 Å². The van der Waals surface area contributed by atoms with Gasteiger partial charge in [-0.15, -0.1) is 11.6 Å². The lowest BCUT2D eigenvalue weighted by Crippen LogP contribution is -2.31. The Kier molecular flexibility index (Phi) is 8.12. The highest BCUT2D eigenvalue weighted by molar-refractivity contribution is 7.76. The SMILES string of the molecule is COC(=O)c1ccc(CN(C(CCCl)c2ccc(F)c(Cl)c2)S(=O)O)nc1. The molecular formula is C17H17Cl2FN2O4S. The zero-order valence-electron chi connectivity index (χ0n) is 14.3. The van der Waals surface area contributed by atoms with E-state index in [1.165, 1.54) is 41.9 Å². The first kappa shape index (κ1) is 21.7. The smallest absolute Gasteiger partial charge is 0.339 e. The van der Waals surface area contributed by atoms with Crippen molar-refractivity contribution in [2.45, 2.75) is 19.0 Å². The quantitative estimate of drug-likeness (QED) is 0.386. The predicted molar refractivity (Wildman–Crippen MR) is 101 cm³/mol. The van der Waals surface area contributed by atoms with Crippen LogP contribution in [0.1, 0.15) is 34.1 Å². The number of carbonyl (C=O) groups excluding carboxylic acids is 1. The Hall–Kier alpha value is -1.58. The average Bonchev–Trinajstić information content (AvgIpc) is 2.66. The van der Waals surface area contributed by atoms with Crippen LogP contribution in [0.4, 0.5) is 4.39 Å². The Morgan fingerprint density at radius 1 is 1.41 bits per heavy atom. The highest BCUT2D eigenvalue weighted by Gasteiger charge is 2.26. The third kappa shape index (κ3) is 5.70. The maximum atomic E-state index is 13.5. The zero-order chi connectivity index (χ0) is 20.0. The lowest BCUT2D eigenvalue weighted by molar-refractivity contribution is 0.0600. The van der Waals surface area contributed by atoms with E-state index < -0.39 is 29.1 Å². The summed E-state index contributed by atoms with van der Waals surface area (Å²) in [4.78, 5) is 15.6. The van der Waals surface area contributed by atoms with Crippen molar-refractivity contribution in [1.82, 2.24) is 9.29 Å². The molecule has 0 aliphatic heterocycles. The summed E-state index contributed by atoms with van der Waals surface area (Å²) in [5.41, 5.74) is 1.27. The fourth-order valence-corrected chi connectivity index (χ4v) is 3.57. The normalized spacial score (nSPS) is 13.4. The van der Waals surface area contributed by atoms with Crippen LogP contribution in [0.15, 0.2) is 36.5 Å². The summed E-state index contributed by atoms with van der Waals surface area (Å²) in [6.07, 6.45) is 1.65. The van der Waals surface area contributed by atoms with E-state index in [9.17, 15) is 17.9 Å². The minimum Gasteiger partial charge on any atom is -0.465 e. The van der Waals surface area contributed by atoms with Crippen LogP contribution < -0.4 is 0 Å². The number of hydrogen-bond donors (Lipinski definition) is 1. The lowest BCUT2D eigenvalue weighted by atomic mass is 10.0. The number of esters is 1. The van der Waals surface area contributed by atoms with Gasteiger partial charge in [0.1, 0.15) is 5.82 Å². The minimum absolute atomic E-state index is 0.00111. The van der Waals surface area contributed by atoms with Gasteiger partial charge in [-0.05, 0) is 36.2 Å². The largest absolute Gasteiger partial charge is 0.465 e. The molecule has 1 N–H and O–H groups in total. The molecule has 0 spiro atoms. The van der Waals surface area contributed by atoms with E-state index >= 15 is 0 Å². The number of rotatable bonds is 8. The summed E-state index contributed by atoms with van der Waals surface area (Å²) in [7, 11) is 1.26. The Morgan fingerprint density at radius 2 is 2.15 bits per heavy atom. The maximum Gasteiger partial charge on any atom is 0.339 e. The summed E-state index contributed by atoms with van der Waals surface area (Å²) < 4.78 is 41.1. The van der Waals surface area contributed by atoms with Crippen LogP contribution in [0.25, 0.3) is 0 Å². The molecule has 0 saturated heterocycles. The highest BCUT2D eigenvalue weighted by atomic mass is 35.5. The van der Waals surface area contributed by atoms with Crippen LogP contribution in [0.5, 0.6) is 0 Å². The van der Waals surface area contributed by atoms with E-state index in [-0.39, 0.29) is 23.0 Å². The topological polar surface area (TPSA) is 79.7 Å². The van der Waals surface area contributed by atoms with Gasteiger partial charge in [-0.3, -0.25) is 9.54 Å². The van der Waals surface area contributed by atoms with Gasteiger partial charge in [0.05, 0.1) is 36.0 Å². The number of ether oxygens (including phenoxy) is 1. The molecule has 146 valence electrons. The Bertz CT molecular complexity index is 823. The molecule has 0 bridgehead atoms. The van der Waals surface area contributed by atoms with Gasteiger partial charge in [-0.1, -0.05) is 17.7 Å². The number of benzene rings is 1. The molecule has 27 heavy (non-hydrogen) atoms. The van der Waals surface area contributed by atoms with E-state index in [1.54, 1.807) is 6.07 Å². The summed E-state index contributed by atoms with van der Waals surface area (Å²) in [6.45, 7) is 0.00111. The molecule has 2 atom stereocenters. The van der Waals surface area contributed by atoms with Crippen molar-refractivity contribution in [3.05, 3.63) is 64.2 Å².